The average Bonchev–Trinajstić information content (AvgIpc) is 3.43. The standard InChI is InChI=1S/C21H20N4O2S/c26-20(16-5-3-15(4-6-16)19-2-1-11-28-19)25-13-17-12-22-21(23-18(17)14-25)24-7-9-27-10-8-24/h1-6,11-12H,7-10,13-14H2. The molecule has 1 amide bonds. The number of carbonyl (C=O) groups is 1. The largest absolute Gasteiger partial charge is 0.378 e. The van der Waals surface area contributed by atoms with Gasteiger partial charge in [-0.25, -0.2) is 9.97 Å². The molecule has 2 aromatic heterocycles. The molecule has 0 radical (unpaired) electrons. The summed E-state index contributed by atoms with van der Waals surface area (Å²) >= 11 is 1.70. The lowest BCUT2D eigenvalue weighted by Crippen LogP contribution is -2.37. The number of rotatable bonds is 3. The van der Waals surface area contributed by atoms with Crippen LogP contribution >= 0.6 is 11.3 Å². The highest BCUT2D eigenvalue weighted by atomic mass is 32.1. The van der Waals surface area contributed by atoms with E-state index in [0.717, 1.165) is 35.9 Å². The van der Waals surface area contributed by atoms with E-state index in [4.69, 9.17) is 9.72 Å². The molecule has 2 aliphatic rings. The first kappa shape index (κ1) is 17.3. The van der Waals surface area contributed by atoms with Crippen LogP contribution in [0.3, 0.4) is 0 Å². The summed E-state index contributed by atoms with van der Waals surface area (Å²) in [5.41, 5.74) is 3.81. The lowest BCUT2D eigenvalue weighted by atomic mass is 10.1. The van der Waals surface area contributed by atoms with E-state index in [1.807, 2.05) is 41.4 Å². The minimum atomic E-state index is 0.0312. The van der Waals surface area contributed by atoms with Gasteiger partial charge in [-0.15, -0.1) is 11.3 Å². The summed E-state index contributed by atoms with van der Waals surface area (Å²) in [4.78, 5) is 27.4. The van der Waals surface area contributed by atoms with E-state index in [2.05, 4.69) is 21.3 Å². The Morgan fingerprint density at radius 2 is 1.89 bits per heavy atom. The summed E-state index contributed by atoms with van der Waals surface area (Å²) in [7, 11) is 0. The molecule has 1 saturated heterocycles. The number of thiophene rings is 1. The Morgan fingerprint density at radius 1 is 1.07 bits per heavy atom. The number of nitrogens with zero attached hydrogens (tertiary/aromatic N) is 4. The molecule has 7 heteroatoms. The lowest BCUT2D eigenvalue weighted by molar-refractivity contribution is 0.0750. The van der Waals surface area contributed by atoms with Gasteiger partial charge in [0.05, 0.1) is 25.5 Å². The third-order valence-corrected chi connectivity index (χ3v) is 6.08. The Balaban J connectivity index is 1.31. The normalized spacial score (nSPS) is 16.3. The van der Waals surface area contributed by atoms with Crippen LogP contribution in [-0.2, 0) is 17.8 Å². The van der Waals surface area contributed by atoms with Gasteiger partial charge in [0.15, 0.2) is 0 Å². The van der Waals surface area contributed by atoms with Crippen molar-refractivity contribution in [3.8, 4) is 10.4 Å². The Hall–Kier alpha value is -2.77. The molecule has 0 bridgehead atoms. The first-order valence-corrected chi connectivity index (χ1v) is 10.3. The second-order valence-electron chi connectivity index (χ2n) is 6.96. The summed E-state index contributed by atoms with van der Waals surface area (Å²) < 4.78 is 5.39. The van der Waals surface area contributed by atoms with Gasteiger partial charge in [-0.3, -0.25) is 4.79 Å². The van der Waals surface area contributed by atoms with E-state index in [9.17, 15) is 4.79 Å². The highest BCUT2D eigenvalue weighted by Gasteiger charge is 2.27. The fourth-order valence-electron chi connectivity index (χ4n) is 3.60. The van der Waals surface area contributed by atoms with Gasteiger partial charge >= 0.3 is 0 Å². The molecule has 4 heterocycles. The molecule has 28 heavy (non-hydrogen) atoms. The van der Waals surface area contributed by atoms with Crippen LogP contribution in [0.5, 0.6) is 0 Å². The van der Waals surface area contributed by atoms with Crippen molar-refractivity contribution in [3.05, 3.63) is 64.8 Å². The Bertz CT molecular complexity index is 982. The highest BCUT2D eigenvalue weighted by molar-refractivity contribution is 7.13. The van der Waals surface area contributed by atoms with Crippen molar-refractivity contribution in [1.82, 2.24) is 14.9 Å². The quantitative estimate of drug-likeness (QED) is 0.685. The number of benzene rings is 1. The second-order valence-corrected chi connectivity index (χ2v) is 7.90. The molecular weight excluding hydrogens is 372 g/mol. The van der Waals surface area contributed by atoms with Crippen molar-refractivity contribution >= 4 is 23.2 Å². The predicted octanol–water partition coefficient (Wildman–Crippen LogP) is 3.20. The van der Waals surface area contributed by atoms with Gasteiger partial charge in [0.2, 0.25) is 5.95 Å². The van der Waals surface area contributed by atoms with Gasteiger partial charge in [0.25, 0.3) is 5.91 Å². The van der Waals surface area contributed by atoms with Crippen LogP contribution in [0, 0.1) is 0 Å². The number of aromatic nitrogens is 2. The van der Waals surface area contributed by atoms with Gasteiger partial charge in [-0.1, -0.05) is 18.2 Å². The van der Waals surface area contributed by atoms with E-state index in [1.165, 1.54) is 4.88 Å². The summed E-state index contributed by atoms with van der Waals surface area (Å²) in [6, 6.07) is 12.0. The molecular formula is C21H20N4O2S. The molecule has 2 aliphatic heterocycles. The Kier molecular flexibility index (Phi) is 4.54. The third-order valence-electron chi connectivity index (χ3n) is 5.16. The van der Waals surface area contributed by atoms with Crippen molar-refractivity contribution in [2.45, 2.75) is 13.1 Å². The summed E-state index contributed by atoms with van der Waals surface area (Å²) in [6.07, 6.45) is 1.86. The molecule has 0 aliphatic carbocycles. The van der Waals surface area contributed by atoms with Crippen LogP contribution in [0.4, 0.5) is 5.95 Å². The summed E-state index contributed by atoms with van der Waals surface area (Å²) in [5.74, 6) is 0.764. The average molecular weight is 392 g/mol. The molecule has 1 fully saturated rings. The van der Waals surface area contributed by atoms with Crippen LogP contribution in [-0.4, -0.2) is 47.1 Å². The minimum absolute atomic E-state index is 0.0312. The zero-order valence-corrected chi connectivity index (χ0v) is 16.2. The first-order chi connectivity index (χ1) is 13.8. The van der Waals surface area contributed by atoms with Gasteiger partial charge in [0.1, 0.15) is 0 Å². The third kappa shape index (κ3) is 3.27. The summed E-state index contributed by atoms with van der Waals surface area (Å²) in [5, 5.41) is 2.06. The number of amides is 1. The molecule has 0 N–H and O–H groups in total. The van der Waals surface area contributed by atoms with E-state index in [1.54, 1.807) is 11.3 Å². The maximum absolute atomic E-state index is 13.0. The van der Waals surface area contributed by atoms with E-state index in [-0.39, 0.29) is 5.91 Å². The molecule has 0 saturated carbocycles. The monoisotopic (exact) mass is 392 g/mol. The van der Waals surface area contributed by atoms with Crippen molar-refractivity contribution in [2.24, 2.45) is 0 Å². The van der Waals surface area contributed by atoms with Crippen LogP contribution in [0.25, 0.3) is 10.4 Å². The predicted molar refractivity (Wildman–Crippen MR) is 108 cm³/mol. The highest BCUT2D eigenvalue weighted by Crippen LogP contribution is 2.27. The van der Waals surface area contributed by atoms with E-state index >= 15 is 0 Å². The molecule has 5 rings (SSSR count). The van der Waals surface area contributed by atoms with Gasteiger partial charge in [-0.05, 0) is 29.1 Å². The topological polar surface area (TPSA) is 58.6 Å². The first-order valence-electron chi connectivity index (χ1n) is 9.38. The van der Waals surface area contributed by atoms with Gasteiger partial charge in [-0.2, -0.15) is 0 Å². The maximum Gasteiger partial charge on any atom is 0.254 e. The minimum Gasteiger partial charge on any atom is -0.378 e. The van der Waals surface area contributed by atoms with Crippen LogP contribution in [0.1, 0.15) is 21.6 Å². The Morgan fingerprint density at radius 3 is 2.64 bits per heavy atom. The van der Waals surface area contributed by atoms with E-state index in [0.29, 0.717) is 31.9 Å². The van der Waals surface area contributed by atoms with Crippen molar-refractivity contribution in [2.75, 3.05) is 31.2 Å². The van der Waals surface area contributed by atoms with E-state index < -0.39 is 0 Å². The molecule has 3 aromatic rings. The number of hydrogen-bond donors (Lipinski definition) is 0. The molecule has 6 nitrogen and oxygen atoms in total. The zero-order valence-electron chi connectivity index (χ0n) is 15.4. The van der Waals surface area contributed by atoms with Gasteiger partial charge < -0.3 is 14.5 Å². The molecule has 142 valence electrons. The fourth-order valence-corrected chi connectivity index (χ4v) is 4.34. The number of carbonyl (C=O) groups excluding carboxylic acids is 1. The van der Waals surface area contributed by atoms with Crippen LogP contribution < -0.4 is 4.90 Å². The van der Waals surface area contributed by atoms with Crippen LogP contribution in [0.2, 0.25) is 0 Å². The smallest absolute Gasteiger partial charge is 0.254 e. The molecule has 0 atom stereocenters. The lowest BCUT2D eigenvalue weighted by Gasteiger charge is -2.26. The molecule has 0 unspecified atom stereocenters. The Labute approximate surface area is 167 Å². The number of hydrogen-bond acceptors (Lipinski definition) is 6. The number of morpholine rings is 1. The van der Waals surface area contributed by atoms with Crippen molar-refractivity contribution < 1.29 is 9.53 Å². The van der Waals surface area contributed by atoms with Crippen molar-refractivity contribution in [1.29, 1.82) is 0 Å². The maximum atomic E-state index is 13.0. The number of ether oxygens (including phenoxy) is 1. The molecule has 1 aromatic carbocycles. The van der Waals surface area contributed by atoms with Gasteiger partial charge in [0, 0.05) is 41.8 Å². The summed E-state index contributed by atoms with van der Waals surface area (Å²) in [6.45, 7) is 4.10. The molecule has 0 spiro atoms. The zero-order chi connectivity index (χ0) is 18.9. The fraction of sp³-hybridized carbons (Fsp3) is 0.286. The number of fused-ring (bicyclic) bond motifs is 1. The SMILES string of the molecule is O=C(c1ccc(-c2cccs2)cc1)N1Cc2cnc(N3CCOCC3)nc2C1. The van der Waals surface area contributed by atoms with Crippen LogP contribution in [0.15, 0.2) is 48.0 Å². The number of anilines is 1. The second kappa shape index (κ2) is 7.33. The van der Waals surface area contributed by atoms with Crippen molar-refractivity contribution in [3.63, 3.8) is 0 Å².